The number of aryl methyl sites for hydroxylation is 1. The molecule has 1 aromatic carbocycles. The Bertz CT molecular complexity index is 450. The Morgan fingerprint density at radius 2 is 1.63 bits per heavy atom. The summed E-state index contributed by atoms with van der Waals surface area (Å²) >= 11 is 0. The van der Waals surface area contributed by atoms with Crippen LogP contribution in [0.1, 0.15) is 49.3 Å². The van der Waals surface area contributed by atoms with Crippen LogP contribution in [0.5, 0.6) is 0 Å². The van der Waals surface area contributed by atoms with E-state index in [0.717, 1.165) is 29.2 Å². The van der Waals surface area contributed by atoms with Gasteiger partial charge in [-0.25, -0.2) is 0 Å². The molecule has 102 valence electrons. The maximum atomic E-state index is 10.9. The minimum atomic E-state index is -0.227. The van der Waals surface area contributed by atoms with Crippen LogP contribution in [0.15, 0.2) is 24.3 Å². The van der Waals surface area contributed by atoms with Crippen molar-refractivity contribution < 1.29 is 5.11 Å². The minimum Gasteiger partial charge on any atom is -0.388 e. The molecule has 0 aliphatic heterocycles. The third-order valence-electron chi connectivity index (χ3n) is 6.05. The van der Waals surface area contributed by atoms with Crippen LogP contribution in [0, 0.1) is 36.5 Å². The molecular formula is C18H24O. The van der Waals surface area contributed by atoms with Gasteiger partial charge in [-0.2, -0.15) is 0 Å². The number of hydrogen-bond donors (Lipinski definition) is 1. The van der Waals surface area contributed by atoms with Gasteiger partial charge in [0.15, 0.2) is 0 Å². The molecule has 0 heterocycles. The molecule has 19 heavy (non-hydrogen) atoms. The first-order valence-corrected chi connectivity index (χ1v) is 7.95. The number of rotatable bonds is 2. The topological polar surface area (TPSA) is 20.2 Å². The van der Waals surface area contributed by atoms with Crippen LogP contribution in [0.3, 0.4) is 0 Å². The summed E-state index contributed by atoms with van der Waals surface area (Å²) in [7, 11) is 0. The van der Waals surface area contributed by atoms with Gasteiger partial charge in [0, 0.05) is 0 Å². The van der Waals surface area contributed by atoms with Crippen molar-refractivity contribution in [3.05, 3.63) is 35.4 Å². The van der Waals surface area contributed by atoms with Crippen LogP contribution in [0.4, 0.5) is 0 Å². The lowest BCUT2D eigenvalue weighted by Gasteiger charge is -2.55. The molecule has 1 N–H and O–H groups in total. The van der Waals surface area contributed by atoms with E-state index in [2.05, 4.69) is 31.2 Å². The van der Waals surface area contributed by atoms with Crippen LogP contribution in [-0.4, -0.2) is 5.11 Å². The van der Waals surface area contributed by atoms with Crippen molar-refractivity contribution >= 4 is 0 Å². The van der Waals surface area contributed by atoms with E-state index in [4.69, 9.17) is 0 Å². The Morgan fingerprint density at radius 3 is 2.21 bits per heavy atom. The third-order valence-corrected chi connectivity index (χ3v) is 6.05. The number of aliphatic hydroxyl groups excluding tert-OH is 1. The fourth-order valence-electron chi connectivity index (χ4n) is 5.56. The van der Waals surface area contributed by atoms with Crippen LogP contribution in [-0.2, 0) is 0 Å². The van der Waals surface area contributed by atoms with E-state index in [0.29, 0.717) is 5.92 Å². The summed E-state index contributed by atoms with van der Waals surface area (Å²) < 4.78 is 0. The average Bonchev–Trinajstić information content (AvgIpc) is 2.37. The van der Waals surface area contributed by atoms with Crippen LogP contribution in [0.2, 0.25) is 0 Å². The van der Waals surface area contributed by atoms with Gasteiger partial charge in [0.05, 0.1) is 6.10 Å². The zero-order chi connectivity index (χ0) is 13.0. The Balaban J connectivity index is 1.62. The zero-order valence-electron chi connectivity index (χ0n) is 11.8. The lowest BCUT2D eigenvalue weighted by molar-refractivity contribution is -0.0908. The van der Waals surface area contributed by atoms with Crippen molar-refractivity contribution in [3.63, 3.8) is 0 Å². The lowest BCUT2D eigenvalue weighted by Crippen LogP contribution is -2.47. The molecule has 1 nitrogen and oxygen atoms in total. The molecule has 4 fully saturated rings. The molecule has 4 bridgehead atoms. The molecule has 5 rings (SSSR count). The smallest absolute Gasteiger partial charge is 0.0823 e. The summed E-state index contributed by atoms with van der Waals surface area (Å²) in [5.41, 5.74) is 2.41. The molecule has 1 heteroatoms. The average molecular weight is 256 g/mol. The second-order valence-electron chi connectivity index (χ2n) is 7.37. The molecule has 1 atom stereocenters. The van der Waals surface area contributed by atoms with Gasteiger partial charge >= 0.3 is 0 Å². The van der Waals surface area contributed by atoms with Crippen LogP contribution >= 0.6 is 0 Å². The van der Waals surface area contributed by atoms with E-state index < -0.39 is 0 Å². The molecule has 4 aliphatic carbocycles. The highest BCUT2D eigenvalue weighted by molar-refractivity contribution is 5.25. The molecule has 4 saturated carbocycles. The molecular weight excluding hydrogens is 232 g/mol. The summed E-state index contributed by atoms with van der Waals surface area (Å²) in [6.45, 7) is 2.12. The highest BCUT2D eigenvalue weighted by Gasteiger charge is 2.50. The first kappa shape index (κ1) is 12.0. The second kappa shape index (κ2) is 4.34. The van der Waals surface area contributed by atoms with Crippen molar-refractivity contribution in [3.8, 4) is 0 Å². The van der Waals surface area contributed by atoms with E-state index in [-0.39, 0.29) is 6.10 Å². The van der Waals surface area contributed by atoms with Gasteiger partial charge in [-0.3, -0.25) is 0 Å². The Morgan fingerprint density at radius 1 is 1.00 bits per heavy atom. The minimum absolute atomic E-state index is 0.227. The SMILES string of the molecule is Cc1cccc(C(O)C2C3CC4CC(C3)CC2C4)c1. The standard InChI is InChI=1S/C18H24O/c1-11-3-2-4-14(5-11)18(19)17-15-7-12-6-13(9-15)10-16(17)8-12/h2-5,12-13,15-19H,6-10H2,1H3. The fourth-order valence-corrected chi connectivity index (χ4v) is 5.56. The van der Waals surface area contributed by atoms with Crippen molar-refractivity contribution in [1.29, 1.82) is 0 Å². The molecule has 0 amide bonds. The highest BCUT2D eigenvalue weighted by Crippen LogP contribution is 2.59. The van der Waals surface area contributed by atoms with Gasteiger partial charge in [0.25, 0.3) is 0 Å². The summed E-state index contributed by atoms with van der Waals surface area (Å²) in [5.74, 6) is 4.11. The quantitative estimate of drug-likeness (QED) is 0.844. The first-order valence-electron chi connectivity index (χ1n) is 7.95. The molecule has 0 spiro atoms. The fraction of sp³-hybridized carbons (Fsp3) is 0.667. The Kier molecular flexibility index (Phi) is 2.73. The molecule has 0 aromatic heterocycles. The van der Waals surface area contributed by atoms with E-state index in [1.54, 1.807) is 0 Å². The second-order valence-corrected chi connectivity index (χ2v) is 7.37. The lowest BCUT2D eigenvalue weighted by atomic mass is 9.50. The maximum absolute atomic E-state index is 10.9. The third kappa shape index (κ3) is 1.94. The van der Waals surface area contributed by atoms with Gasteiger partial charge < -0.3 is 5.11 Å². The summed E-state index contributed by atoms with van der Waals surface area (Å²) in [4.78, 5) is 0. The first-order chi connectivity index (χ1) is 9.20. The monoisotopic (exact) mass is 256 g/mol. The Labute approximate surface area is 116 Å². The highest BCUT2D eigenvalue weighted by atomic mass is 16.3. The van der Waals surface area contributed by atoms with E-state index in [1.165, 1.54) is 37.7 Å². The number of benzene rings is 1. The summed E-state index contributed by atoms with van der Waals surface area (Å²) in [6.07, 6.45) is 6.82. The van der Waals surface area contributed by atoms with Gasteiger partial charge in [-0.15, -0.1) is 0 Å². The van der Waals surface area contributed by atoms with Crippen molar-refractivity contribution in [1.82, 2.24) is 0 Å². The van der Waals surface area contributed by atoms with Crippen molar-refractivity contribution in [2.24, 2.45) is 29.6 Å². The van der Waals surface area contributed by atoms with E-state index in [1.807, 2.05) is 0 Å². The van der Waals surface area contributed by atoms with E-state index >= 15 is 0 Å². The van der Waals surface area contributed by atoms with Crippen LogP contribution < -0.4 is 0 Å². The predicted molar refractivity (Wildman–Crippen MR) is 76.7 cm³/mol. The molecule has 0 saturated heterocycles. The summed E-state index contributed by atoms with van der Waals surface area (Å²) in [5, 5.41) is 10.9. The zero-order valence-corrected chi connectivity index (χ0v) is 11.8. The number of aliphatic hydroxyl groups is 1. The van der Waals surface area contributed by atoms with Crippen LogP contribution in [0.25, 0.3) is 0 Å². The largest absolute Gasteiger partial charge is 0.388 e. The Hall–Kier alpha value is -0.820. The molecule has 1 aromatic rings. The molecule has 1 unspecified atom stereocenters. The van der Waals surface area contributed by atoms with E-state index in [9.17, 15) is 5.11 Å². The van der Waals surface area contributed by atoms with Crippen molar-refractivity contribution in [2.75, 3.05) is 0 Å². The van der Waals surface area contributed by atoms with Gasteiger partial charge in [0.1, 0.15) is 0 Å². The normalized spacial score (nSPS) is 41.5. The summed E-state index contributed by atoms with van der Waals surface area (Å²) in [6, 6.07) is 8.50. The molecule has 0 radical (unpaired) electrons. The van der Waals surface area contributed by atoms with Gasteiger partial charge in [-0.05, 0) is 74.2 Å². The van der Waals surface area contributed by atoms with Gasteiger partial charge in [-0.1, -0.05) is 29.8 Å². The number of hydrogen-bond acceptors (Lipinski definition) is 1. The maximum Gasteiger partial charge on any atom is 0.0823 e. The predicted octanol–water partition coefficient (Wildman–Crippen LogP) is 4.10. The van der Waals surface area contributed by atoms with Crippen molar-refractivity contribution in [2.45, 2.75) is 45.1 Å². The van der Waals surface area contributed by atoms with Gasteiger partial charge in [0.2, 0.25) is 0 Å². The molecule has 4 aliphatic rings.